The first kappa shape index (κ1) is 26.9. The quantitative estimate of drug-likeness (QED) is 0.198. The van der Waals surface area contributed by atoms with Crippen molar-refractivity contribution < 1.29 is 9.47 Å². The predicted molar refractivity (Wildman–Crippen MR) is 132 cm³/mol. The van der Waals surface area contributed by atoms with E-state index in [0.717, 1.165) is 77.2 Å². The Hall–Kier alpha value is -0.120. The summed E-state index contributed by atoms with van der Waals surface area (Å²) < 4.78 is 11.3. The summed E-state index contributed by atoms with van der Waals surface area (Å²) >= 11 is 0. The maximum absolute atomic E-state index is 5.87. The minimum atomic E-state index is 0. The predicted octanol–water partition coefficient (Wildman–Crippen LogP) is 3.50. The summed E-state index contributed by atoms with van der Waals surface area (Å²) in [5.74, 6) is 2.40. The second-order valence-corrected chi connectivity index (χ2v) is 8.93. The van der Waals surface area contributed by atoms with Gasteiger partial charge in [-0.3, -0.25) is 4.99 Å². The molecule has 2 rings (SSSR count). The van der Waals surface area contributed by atoms with Gasteiger partial charge in [0.1, 0.15) is 0 Å². The van der Waals surface area contributed by atoms with E-state index in [0.29, 0.717) is 5.92 Å². The minimum Gasteiger partial charge on any atom is -0.381 e. The van der Waals surface area contributed by atoms with Gasteiger partial charge < -0.3 is 25.0 Å². The van der Waals surface area contributed by atoms with Crippen LogP contribution in [0.2, 0.25) is 0 Å². The first-order valence-corrected chi connectivity index (χ1v) is 11.4. The van der Waals surface area contributed by atoms with E-state index in [2.05, 4.69) is 43.5 Å². The minimum absolute atomic E-state index is 0. The maximum Gasteiger partial charge on any atom is 0.191 e. The number of aliphatic imine (C=N–C) groups is 1. The van der Waals surface area contributed by atoms with Gasteiger partial charge in [-0.25, -0.2) is 0 Å². The van der Waals surface area contributed by atoms with Crippen LogP contribution in [-0.2, 0) is 9.47 Å². The van der Waals surface area contributed by atoms with E-state index in [1.54, 1.807) is 0 Å². The average molecular weight is 525 g/mol. The third-order valence-corrected chi connectivity index (χ3v) is 6.34. The molecule has 0 radical (unpaired) electrons. The Bertz CT molecular complexity index is 458. The standard InChI is InChI=1S/C22H44N4O2.HI/c1-5-23-21(24-12-7-13-28-17-20-9-14-27-15-10-20)25-18-22(26(3)4)11-6-8-19(2)16-22;/h19-20H,5-18H2,1-4H3,(H2,23,24,25);1H. The molecule has 172 valence electrons. The number of hydrogen-bond donors (Lipinski definition) is 2. The monoisotopic (exact) mass is 524 g/mol. The van der Waals surface area contributed by atoms with Gasteiger partial charge in [-0.05, 0) is 65.0 Å². The zero-order chi connectivity index (χ0) is 20.2. The van der Waals surface area contributed by atoms with Crippen LogP contribution in [0.25, 0.3) is 0 Å². The molecule has 2 unspecified atom stereocenters. The van der Waals surface area contributed by atoms with E-state index in [4.69, 9.17) is 14.5 Å². The van der Waals surface area contributed by atoms with Gasteiger partial charge in [-0.2, -0.15) is 0 Å². The topological polar surface area (TPSA) is 58.1 Å². The number of halogens is 1. The molecule has 1 aliphatic carbocycles. The molecule has 1 heterocycles. The molecule has 2 atom stereocenters. The Kier molecular flexibility index (Phi) is 13.7. The largest absolute Gasteiger partial charge is 0.381 e. The number of rotatable bonds is 10. The summed E-state index contributed by atoms with van der Waals surface area (Å²) in [6.45, 7) is 10.6. The van der Waals surface area contributed by atoms with Crippen LogP contribution in [0.5, 0.6) is 0 Å². The smallest absolute Gasteiger partial charge is 0.191 e. The average Bonchev–Trinajstić information content (AvgIpc) is 2.69. The maximum atomic E-state index is 5.87. The van der Waals surface area contributed by atoms with Gasteiger partial charge in [-0.15, -0.1) is 24.0 Å². The van der Waals surface area contributed by atoms with E-state index in [9.17, 15) is 0 Å². The number of likely N-dealkylation sites (N-methyl/N-ethyl adjacent to an activating group) is 1. The van der Waals surface area contributed by atoms with Crippen molar-refractivity contribution in [2.45, 2.75) is 64.3 Å². The first-order chi connectivity index (χ1) is 13.6. The molecule has 7 heteroatoms. The summed E-state index contributed by atoms with van der Waals surface area (Å²) in [5, 5.41) is 6.88. The molecule has 2 fully saturated rings. The number of guanidine groups is 1. The number of nitrogens with one attached hydrogen (secondary N) is 2. The summed E-state index contributed by atoms with van der Waals surface area (Å²) in [4.78, 5) is 7.36. The molecular formula is C22H45IN4O2. The molecule has 1 aliphatic heterocycles. The van der Waals surface area contributed by atoms with Crippen molar-refractivity contribution in [3.8, 4) is 0 Å². The lowest BCUT2D eigenvalue weighted by Gasteiger charge is -2.44. The fourth-order valence-corrected chi connectivity index (χ4v) is 4.44. The second-order valence-electron chi connectivity index (χ2n) is 8.93. The molecular weight excluding hydrogens is 479 g/mol. The van der Waals surface area contributed by atoms with Crippen molar-refractivity contribution in [3.63, 3.8) is 0 Å². The van der Waals surface area contributed by atoms with Crippen molar-refractivity contribution in [3.05, 3.63) is 0 Å². The van der Waals surface area contributed by atoms with Gasteiger partial charge in [0.05, 0.1) is 6.54 Å². The molecule has 0 aromatic heterocycles. The molecule has 0 bridgehead atoms. The second kappa shape index (κ2) is 14.8. The van der Waals surface area contributed by atoms with Gasteiger partial charge in [0.2, 0.25) is 0 Å². The van der Waals surface area contributed by atoms with Crippen molar-refractivity contribution in [2.75, 3.05) is 60.2 Å². The highest BCUT2D eigenvalue weighted by atomic mass is 127. The molecule has 6 nitrogen and oxygen atoms in total. The van der Waals surface area contributed by atoms with Crippen LogP contribution < -0.4 is 10.6 Å². The van der Waals surface area contributed by atoms with Crippen molar-refractivity contribution in [1.82, 2.24) is 15.5 Å². The molecule has 1 saturated carbocycles. The van der Waals surface area contributed by atoms with Gasteiger partial charge in [0.25, 0.3) is 0 Å². The summed E-state index contributed by atoms with van der Waals surface area (Å²) in [7, 11) is 4.42. The molecule has 0 spiro atoms. The third kappa shape index (κ3) is 9.70. The van der Waals surface area contributed by atoms with Gasteiger partial charge in [-0.1, -0.05) is 19.8 Å². The van der Waals surface area contributed by atoms with E-state index in [1.807, 2.05) is 0 Å². The number of nitrogens with zero attached hydrogens (tertiary/aromatic N) is 2. The number of ether oxygens (including phenoxy) is 2. The summed E-state index contributed by atoms with van der Waals surface area (Å²) in [6.07, 6.45) is 8.43. The normalized spacial score (nSPS) is 26.2. The van der Waals surface area contributed by atoms with Crippen molar-refractivity contribution in [2.24, 2.45) is 16.8 Å². The SMILES string of the molecule is CCNC(=NCC1(N(C)C)CCCC(C)C1)NCCCOCC1CCOCC1.I. The molecule has 2 aliphatic rings. The Morgan fingerprint density at radius 3 is 2.62 bits per heavy atom. The summed E-state index contributed by atoms with van der Waals surface area (Å²) in [5.41, 5.74) is 0.201. The van der Waals surface area contributed by atoms with Gasteiger partial charge in [0.15, 0.2) is 5.96 Å². The van der Waals surface area contributed by atoms with Crippen LogP contribution in [-0.4, -0.2) is 76.6 Å². The third-order valence-electron chi connectivity index (χ3n) is 6.34. The van der Waals surface area contributed by atoms with E-state index in [1.165, 1.54) is 25.7 Å². The Morgan fingerprint density at radius 1 is 1.21 bits per heavy atom. The van der Waals surface area contributed by atoms with Crippen LogP contribution in [0, 0.1) is 11.8 Å². The van der Waals surface area contributed by atoms with E-state index in [-0.39, 0.29) is 29.5 Å². The van der Waals surface area contributed by atoms with Gasteiger partial charge in [0, 0.05) is 45.1 Å². The molecule has 29 heavy (non-hydrogen) atoms. The van der Waals surface area contributed by atoms with Crippen LogP contribution in [0.3, 0.4) is 0 Å². The lowest BCUT2D eigenvalue weighted by Crippen LogP contribution is -2.51. The molecule has 0 aromatic rings. The van der Waals surface area contributed by atoms with Crippen LogP contribution in [0.15, 0.2) is 4.99 Å². The van der Waals surface area contributed by atoms with Crippen LogP contribution in [0.1, 0.15) is 58.8 Å². The van der Waals surface area contributed by atoms with Crippen LogP contribution in [0.4, 0.5) is 0 Å². The lowest BCUT2D eigenvalue weighted by atomic mass is 9.75. The Morgan fingerprint density at radius 2 is 1.97 bits per heavy atom. The first-order valence-electron chi connectivity index (χ1n) is 11.4. The van der Waals surface area contributed by atoms with E-state index >= 15 is 0 Å². The molecule has 1 saturated heterocycles. The summed E-state index contributed by atoms with van der Waals surface area (Å²) in [6, 6.07) is 0. The molecule has 0 aromatic carbocycles. The molecule has 2 N–H and O–H groups in total. The number of hydrogen-bond acceptors (Lipinski definition) is 4. The Labute approximate surface area is 196 Å². The van der Waals surface area contributed by atoms with Crippen molar-refractivity contribution in [1.29, 1.82) is 0 Å². The zero-order valence-corrected chi connectivity index (χ0v) is 21.5. The van der Waals surface area contributed by atoms with Gasteiger partial charge >= 0.3 is 0 Å². The van der Waals surface area contributed by atoms with Crippen molar-refractivity contribution >= 4 is 29.9 Å². The Balaban J connectivity index is 0.00000420. The fourth-order valence-electron chi connectivity index (χ4n) is 4.44. The highest BCUT2D eigenvalue weighted by Gasteiger charge is 2.36. The highest BCUT2D eigenvalue weighted by Crippen LogP contribution is 2.35. The zero-order valence-electron chi connectivity index (χ0n) is 19.2. The molecule has 0 amide bonds. The highest BCUT2D eigenvalue weighted by molar-refractivity contribution is 14.0. The lowest BCUT2D eigenvalue weighted by molar-refractivity contribution is 0.0203. The van der Waals surface area contributed by atoms with E-state index < -0.39 is 0 Å². The van der Waals surface area contributed by atoms with Crippen LogP contribution >= 0.6 is 24.0 Å². The fraction of sp³-hybridized carbons (Fsp3) is 0.955.